The van der Waals surface area contributed by atoms with Crippen molar-refractivity contribution in [2.24, 2.45) is 0 Å². The molecule has 6 heteroatoms. The highest BCUT2D eigenvalue weighted by molar-refractivity contribution is 6.30. The van der Waals surface area contributed by atoms with Gasteiger partial charge in [0.15, 0.2) is 7.05 Å². The fraction of sp³-hybridized carbons (Fsp3) is 0.143. The van der Waals surface area contributed by atoms with E-state index in [1.54, 1.807) is 42.5 Å². The number of nitrogens with zero attached hydrogens (tertiary/aromatic N) is 1. The van der Waals surface area contributed by atoms with Gasteiger partial charge < -0.3 is 9.84 Å². The zero-order valence-corrected chi connectivity index (χ0v) is 15.6. The topological polar surface area (TPSA) is 49.5 Å². The Morgan fingerprint density at radius 3 is 2.59 bits per heavy atom. The third-order valence-corrected chi connectivity index (χ3v) is 4.47. The molecule has 0 aliphatic rings. The van der Waals surface area contributed by atoms with Gasteiger partial charge in [0, 0.05) is 27.2 Å². The number of halogens is 2. The summed E-state index contributed by atoms with van der Waals surface area (Å²) >= 11 is 6.05. The molecule has 0 bridgehead atoms. The molecule has 138 valence electrons. The zero-order chi connectivity index (χ0) is 19.6. The molecule has 4 nitrogen and oxygen atoms in total. The molecule has 0 saturated heterocycles. The minimum absolute atomic E-state index is 0.0471. The summed E-state index contributed by atoms with van der Waals surface area (Å²) in [6.45, 7) is 0. The molecule has 0 radical (unpaired) electrons. The van der Waals surface area contributed by atoms with Gasteiger partial charge in [-0.25, -0.2) is 4.39 Å². The maximum atomic E-state index is 15.3. The van der Waals surface area contributed by atoms with Crippen LogP contribution in [0.15, 0.2) is 54.6 Å². The van der Waals surface area contributed by atoms with Crippen LogP contribution < -0.4 is 4.74 Å². The molecule has 3 aromatic carbocycles. The average Bonchev–Trinajstić information content (AvgIpc) is 2.62. The first-order valence-corrected chi connectivity index (χ1v) is 8.62. The van der Waals surface area contributed by atoms with E-state index in [0.29, 0.717) is 43.5 Å². The van der Waals surface area contributed by atoms with Crippen molar-refractivity contribution in [1.29, 1.82) is 0 Å². The Labute approximate surface area is 161 Å². The van der Waals surface area contributed by atoms with Crippen LogP contribution >= 0.6 is 11.6 Å². The molecule has 0 spiro atoms. The van der Waals surface area contributed by atoms with Gasteiger partial charge in [0.05, 0.1) is 18.7 Å². The van der Waals surface area contributed by atoms with Crippen molar-refractivity contribution in [1.82, 2.24) is 0 Å². The molecule has 0 aliphatic carbocycles. The minimum Gasteiger partial charge on any atom is -0.508 e. The Morgan fingerprint density at radius 1 is 1.15 bits per heavy atom. The quantitative estimate of drug-likeness (QED) is 0.590. The maximum Gasteiger partial charge on any atom is 0.259 e. The van der Waals surface area contributed by atoms with Crippen molar-refractivity contribution >= 4 is 17.3 Å². The molecule has 3 rings (SSSR count). The van der Waals surface area contributed by atoms with Crippen LogP contribution in [-0.2, 0) is 6.42 Å². The molecule has 0 amide bonds. The molecule has 3 aromatic rings. The molecule has 0 aromatic heterocycles. The molecule has 1 N–H and O–H groups in total. The van der Waals surface area contributed by atoms with Crippen LogP contribution in [0.1, 0.15) is 11.1 Å². The molecule has 0 unspecified atom stereocenters. The lowest BCUT2D eigenvalue weighted by Crippen LogP contribution is -2.00. The standard InChI is InChI=1S/C21H17ClFNO3/c1-24(26)17-9-13(10-18(25)12-17)8-15-6-7-19(27-2)20(21(15)23)14-4-3-5-16(22)11-14/h3-7,9-12H,8H2,1-2H3/p+1. The van der Waals surface area contributed by atoms with Gasteiger partial charge in [0.1, 0.15) is 17.3 Å². The van der Waals surface area contributed by atoms with Crippen molar-refractivity contribution in [2.45, 2.75) is 6.42 Å². The SMILES string of the molecule is COc1ccc(Cc2cc(O)cc([N+](C)=O)c2)c(F)c1-c1cccc(Cl)c1. The van der Waals surface area contributed by atoms with Crippen molar-refractivity contribution in [3.8, 4) is 22.6 Å². The van der Waals surface area contributed by atoms with Crippen LogP contribution in [-0.4, -0.2) is 24.0 Å². The molecular weight excluding hydrogens is 369 g/mol. The normalized spacial score (nSPS) is 10.7. The first-order chi connectivity index (χ1) is 12.9. The van der Waals surface area contributed by atoms with E-state index in [-0.39, 0.29) is 12.2 Å². The number of hydrogen-bond donors (Lipinski definition) is 1. The van der Waals surface area contributed by atoms with Gasteiger partial charge in [-0.3, -0.25) is 0 Å². The molecule has 0 fully saturated rings. The number of nitroso groups, excluding NO2 is 1. The summed E-state index contributed by atoms with van der Waals surface area (Å²) < 4.78 is 21.3. The molecule has 0 atom stereocenters. The van der Waals surface area contributed by atoms with Crippen LogP contribution in [0.25, 0.3) is 11.1 Å². The van der Waals surface area contributed by atoms with Crippen molar-refractivity contribution in [2.75, 3.05) is 14.2 Å². The smallest absolute Gasteiger partial charge is 0.259 e. The van der Waals surface area contributed by atoms with Crippen LogP contribution in [0.3, 0.4) is 0 Å². The Kier molecular flexibility index (Phi) is 5.42. The highest BCUT2D eigenvalue weighted by atomic mass is 35.5. The highest BCUT2D eigenvalue weighted by Crippen LogP contribution is 2.36. The van der Waals surface area contributed by atoms with Crippen molar-refractivity contribution < 1.29 is 19.0 Å². The number of aromatic hydroxyl groups is 1. The van der Waals surface area contributed by atoms with Gasteiger partial charge in [-0.15, -0.1) is 0 Å². The zero-order valence-electron chi connectivity index (χ0n) is 14.9. The van der Waals surface area contributed by atoms with Crippen LogP contribution in [0, 0.1) is 10.7 Å². The Morgan fingerprint density at radius 2 is 1.93 bits per heavy atom. The predicted octanol–water partition coefficient (Wildman–Crippen LogP) is 5.49. The highest BCUT2D eigenvalue weighted by Gasteiger charge is 2.18. The number of ether oxygens (including phenoxy) is 1. The second-order valence-corrected chi connectivity index (χ2v) is 6.59. The van der Waals surface area contributed by atoms with E-state index < -0.39 is 5.82 Å². The summed E-state index contributed by atoms with van der Waals surface area (Å²) in [4.78, 5) is 11.5. The van der Waals surface area contributed by atoms with E-state index in [1.165, 1.54) is 26.3 Å². The van der Waals surface area contributed by atoms with E-state index in [2.05, 4.69) is 0 Å². The molecule has 0 heterocycles. The van der Waals surface area contributed by atoms with Crippen molar-refractivity contribution in [3.63, 3.8) is 0 Å². The van der Waals surface area contributed by atoms with Crippen LogP contribution in [0.4, 0.5) is 10.1 Å². The molecule has 0 saturated carbocycles. The van der Waals surface area contributed by atoms with E-state index >= 15 is 4.39 Å². The maximum absolute atomic E-state index is 15.3. The summed E-state index contributed by atoms with van der Waals surface area (Å²) in [7, 11) is 2.82. The number of rotatable bonds is 5. The average molecular weight is 387 g/mol. The van der Waals surface area contributed by atoms with Gasteiger partial charge in [-0.2, -0.15) is 0 Å². The first-order valence-electron chi connectivity index (χ1n) is 8.24. The largest absolute Gasteiger partial charge is 0.508 e. The van der Waals surface area contributed by atoms with E-state index in [0.717, 1.165) is 0 Å². The van der Waals surface area contributed by atoms with E-state index in [9.17, 15) is 10.0 Å². The minimum atomic E-state index is -0.433. The van der Waals surface area contributed by atoms with E-state index in [4.69, 9.17) is 16.3 Å². The predicted molar refractivity (Wildman–Crippen MR) is 104 cm³/mol. The summed E-state index contributed by atoms with van der Waals surface area (Å²) in [5.41, 5.74) is 2.26. The van der Waals surface area contributed by atoms with Crippen LogP contribution in [0.5, 0.6) is 11.5 Å². The lowest BCUT2D eigenvalue weighted by atomic mass is 9.97. The number of phenolic OH excluding ortho intramolecular Hbond substituents is 1. The fourth-order valence-corrected chi connectivity index (χ4v) is 3.17. The number of hydrogen-bond acceptors (Lipinski definition) is 3. The second-order valence-electron chi connectivity index (χ2n) is 6.16. The molecular formula is C21H18ClFNO3+. The Bertz CT molecular complexity index is 1020. The summed E-state index contributed by atoms with van der Waals surface area (Å²) in [6.07, 6.45) is 0.207. The Hall–Kier alpha value is -2.92. The molecule has 0 aliphatic heterocycles. The fourth-order valence-electron chi connectivity index (χ4n) is 2.98. The third-order valence-electron chi connectivity index (χ3n) is 4.24. The monoisotopic (exact) mass is 386 g/mol. The lowest BCUT2D eigenvalue weighted by molar-refractivity contribution is -0.428. The van der Waals surface area contributed by atoms with Crippen LogP contribution in [0.2, 0.25) is 5.02 Å². The van der Waals surface area contributed by atoms with Gasteiger partial charge in [0.2, 0.25) is 0 Å². The first kappa shape index (κ1) is 18.9. The van der Waals surface area contributed by atoms with Crippen molar-refractivity contribution in [3.05, 3.63) is 81.5 Å². The summed E-state index contributed by atoms with van der Waals surface area (Å²) in [5, 5.41) is 10.3. The van der Waals surface area contributed by atoms with Gasteiger partial charge in [-0.05, 0) is 41.0 Å². The van der Waals surface area contributed by atoms with Gasteiger partial charge >= 0.3 is 0 Å². The Balaban J connectivity index is 2.08. The number of benzene rings is 3. The van der Waals surface area contributed by atoms with Gasteiger partial charge in [0.25, 0.3) is 5.69 Å². The number of phenols is 1. The molecule has 27 heavy (non-hydrogen) atoms. The second kappa shape index (κ2) is 7.76. The lowest BCUT2D eigenvalue weighted by Gasteiger charge is -2.14. The third kappa shape index (κ3) is 4.09. The summed E-state index contributed by atoms with van der Waals surface area (Å²) in [5.74, 6) is -0.0828. The summed E-state index contributed by atoms with van der Waals surface area (Å²) in [6, 6.07) is 14.7. The number of methoxy groups -OCH3 is 1. The van der Waals surface area contributed by atoms with Gasteiger partial charge in [-0.1, -0.05) is 29.8 Å². The van der Waals surface area contributed by atoms with E-state index in [1.807, 2.05) is 0 Å².